The van der Waals surface area contributed by atoms with Crippen molar-refractivity contribution in [2.75, 3.05) is 13.1 Å². The summed E-state index contributed by atoms with van der Waals surface area (Å²) in [5.41, 5.74) is 4.43. The molecule has 2 amide bonds. The van der Waals surface area contributed by atoms with Gasteiger partial charge in [0.1, 0.15) is 0 Å². The summed E-state index contributed by atoms with van der Waals surface area (Å²) < 4.78 is 0. The first-order valence-electron chi connectivity index (χ1n) is 9.15. The van der Waals surface area contributed by atoms with Crippen LogP contribution in [0, 0.1) is 6.92 Å². The van der Waals surface area contributed by atoms with Crippen molar-refractivity contribution >= 4 is 22.7 Å². The maximum atomic E-state index is 12.3. The van der Waals surface area contributed by atoms with E-state index in [9.17, 15) is 9.59 Å². The number of hydrogen-bond donors (Lipinski definition) is 2. The molecule has 0 saturated carbocycles. The first-order chi connectivity index (χ1) is 13.0. The highest BCUT2D eigenvalue weighted by atomic mass is 16.2. The molecule has 0 aliphatic carbocycles. The number of nitrogens with one attached hydrogen (secondary N) is 2. The molecule has 0 aliphatic heterocycles. The first-order valence-corrected chi connectivity index (χ1v) is 9.15. The van der Waals surface area contributed by atoms with Crippen LogP contribution in [0.15, 0.2) is 54.7 Å². The van der Waals surface area contributed by atoms with Gasteiger partial charge >= 0.3 is 0 Å². The van der Waals surface area contributed by atoms with Gasteiger partial charge in [0, 0.05) is 37.1 Å². The number of carbonyl (C=O) groups is 2. The maximum absolute atomic E-state index is 12.3. The minimum Gasteiger partial charge on any atom is -0.361 e. The summed E-state index contributed by atoms with van der Waals surface area (Å²) in [5, 5.41) is 4.10. The number of nitrogens with zero attached hydrogens (tertiary/aromatic N) is 1. The van der Waals surface area contributed by atoms with Crippen molar-refractivity contribution in [3.05, 3.63) is 71.4 Å². The number of aromatic amines is 1. The molecule has 0 radical (unpaired) electrons. The van der Waals surface area contributed by atoms with Crippen LogP contribution < -0.4 is 5.32 Å². The van der Waals surface area contributed by atoms with E-state index >= 15 is 0 Å². The summed E-state index contributed by atoms with van der Waals surface area (Å²) in [6.07, 6.45) is 2.73. The van der Waals surface area contributed by atoms with Gasteiger partial charge in [0.25, 0.3) is 0 Å². The molecule has 1 heterocycles. The van der Waals surface area contributed by atoms with Crippen molar-refractivity contribution in [1.82, 2.24) is 15.2 Å². The Morgan fingerprint density at radius 1 is 1.11 bits per heavy atom. The molecule has 5 nitrogen and oxygen atoms in total. The predicted molar refractivity (Wildman–Crippen MR) is 107 cm³/mol. The second-order valence-electron chi connectivity index (χ2n) is 6.82. The fraction of sp³-hybridized carbons (Fsp3) is 0.273. The van der Waals surface area contributed by atoms with E-state index in [0.717, 1.165) is 23.1 Å². The molecule has 0 atom stereocenters. The van der Waals surface area contributed by atoms with Crippen LogP contribution in [0.25, 0.3) is 10.9 Å². The van der Waals surface area contributed by atoms with E-state index in [-0.39, 0.29) is 18.4 Å². The Morgan fingerprint density at radius 2 is 1.93 bits per heavy atom. The van der Waals surface area contributed by atoms with Crippen LogP contribution in [-0.4, -0.2) is 34.8 Å². The molecule has 2 N–H and O–H groups in total. The smallest absolute Gasteiger partial charge is 0.239 e. The highest BCUT2D eigenvalue weighted by molar-refractivity contribution is 5.84. The van der Waals surface area contributed by atoms with Crippen molar-refractivity contribution in [2.24, 2.45) is 0 Å². The topological polar surface area (TPSA) is 65.2 Å². The number of hydrogen-bond acceptors (Lipinski definition) is 2. The third-order valence-electron chi connectivity index (χ3n) is 4.63. The van der Waals surface area contributed by atoms with E-state index in [4.69, 9.17) is 0 Å². The molecule has 27 heavy (non-hydrogen) atoms. The van der Waals surface area contributed by atoms with Gasteiger partial charge in [-0.15, -0.1) is 0 Å². The third kappa shape index (κ3) is 4.97. The number of rotatable bonds is 7. The van der Waals surface area contributed by atoms with Crippen LogP contribution in [0.5, 0.6) is 0 Å². The maximum Gasteiger partial charge on any atom is 0.239 e. The Labute approximate surface area is 159 Å². The van der Waals surface area contributed by atoms with E-state index in [0.29, 0.717) is 13.1 Å². The van der Waals surface area contributed by atoms with Crippen LogP contribution in [-0.2, 0) is 22.6 Å². The van der Waals surface area contributed by atoms with Gasteiger partial charge in [-0.2, -0.15) is 0 Å². The van der Waals surface area contributed by atoms with Gasteiger partial charge < -0.3 is 15.2 Å². The molecule has 3 aromatic rings. The zero-order valence-electron chi connectivity index (χ0n) is 15.8. The number of benzene rings is 2. The van der Waals surface area contributed by atoms with Crippen LogP contribution in [0.3, 0.4) is 0 Å². The molecule has 0 bridgehead atoms. The highest BCUT2D eigenvalue weighted by Crippen LogP contribution is 2.17. The van der Waals surface area contributed by atoms with E-state index < -0.39 is 0 Å². The molecule has 0 saturated heterocycles. The molecule has 0 aliphatic rings. The van der Waals surface area contributed by atoms with Crippen LogP contribution >= 0.6 is 0 Å². The summed E-state index contributed by atoms with van der Waals surface area (Å²) in [4.78, 5) is 29.0. The largest absolute Gasteiger partial charge is 0.361 e. The second kappa shape index (κ2) is 8.54. The fourth-order valence-electron chi connectivity index (χ4n) is 3.21. The number of aryl methyl sites for hydroxylation is 1. The van der Waals surface area contributed by atoms with E-state index in [1.54, 1.807) is 4.90 Å². The van der Waals surface area contributed by atoms with Crippen molar-refractivity contribution in [2.45, 2.75) is 26.8 Å². The van der Waals surface area contributed by atoms with Crippen LogP contribution in [0.1, 0.15) is 23.6 Å². The highest BCUT2D eigenvalue weighted by Gasteiger charge is 2.14. The summed E-state index contributed by atoms with van der Waals surface area (Å²) in [5.74, 6) is -0.249. The van der Waals surface area contributed by atoms with Gasteiger partial charge in [-0.25, -0.2) is 0 Å². The Bertz CT molecular complexity index is 945. The molecule has 0 spiro atoms. The molecule has 2 aromatic carbocycles. The lowest BCUT2D eigenvalue weighted by Crippen LogP contribution is -2.39. The average molecular weight is 363 g/mol. The van der Waals surface area contributed by atoms with Crippen molar-refractivity contribution in [3.63, 3.8) is 0 Å². The van der Waals surface area contributed by atoms with Crippen molar-refractivity contribution in [1.29, 1.82) is 0 Å². The lowest BCUT2D eigenvalue weighted by atomic mass is 10.1. The number of H-pyrrole nitrogens is 1. The summed E-state index contributed by atoms with van der Waals surface area (Å²) in [6.45, 7) is 4.55. The Kier molecular flexibility index (Phi) is 5.91. The summed E-state index contributed by atoms with van der Waals surface area (Å²) in [7, 11) is 0. The van der Waals surface area contributed by atoms with Gasteiger partial charge in [-0.05, 0) is 30.5 Å². The van der Waals surface area contributed by atoms with Crippen LogP contribution in [0.4, 0.5) is 0 Å². The van der Waals surface area contributed by atoms with E-state index in [1.807, 2.05) is 55.6 Å². The molecular formula is C22H25N3O2. The zero-order chi connectivity index (χ0) is 19.2. The van der Waals surface area contributed by atoms with E-state index in [2.05, 4.69) is 16.4 Å². The predicted octanol–water partition coefficient (Wildman–Crippen LogP) is 3.18. The Hall–Kier alpha value is -3.08. The minimum absolute atomic E-state index is 0.0666. The molecular weight excluding hydrogens is 338 g/mol. The molecule has 0 unspecified atom stereocenters. The molecule has 140 valence electrons. The normalized spacial score (nSPS) is 10.7. The summed E-state index contributed by atoms with van der Waals surface area (Å²) in [6, 6.07) is 16.1. The molecule has 0 fully saturated rings. The van der Waals surface area contributed by atoms with Gasteiger partial charge in [-0.1, -0.05) is 48.0 Å². The number of fused-ring (bicyclic) bond motifs is 1. The number of carbonyl (C=O) groups excluding carboxylic acids is 2. The quantitative estimate of drug-likeness (QED) is 0.677. The molecule has 5 heteroatoms. The number of amides is 2. The van der Waals surface area contributed by atoms with Crippen molar-refractivity contribution in [3.8, 4) is 0 Å². The van der Waals surface area contributed by atoms with E-state index in [1.165, 1.54) is 17.9 Å². The number of para-hydroxylation sites is 1. The van der Waals surface area contributed by atoms with Crippen molar-refractivity contribution < 1.29 is 9.59 Å². The molecule has 3 rings (SSSR count). The zero-order valence-corrected chi connectivity index (χ0v) is 15.8. The third-order valence-corrected chi connectivity index (χ3v) is 4.63. The monoisotopic (exact) mass is 363 g/mol. The van der Waals surface area contributed by atoms with Crippen LogP contribution in [0.2, 0.25) is 0 Å². The van der Waals surface area contributed by atoms with Gasteiger partial charge in [-0.3, -0.25) is 9.59 Å². The lowest BCUT2D eigenvalue weighted by molar-refractivity contribution is -0.134. The van der Waals surface area contributed by atoms with Gasteiger partial charge in [0.2, 0.25) is 11.8 Å². The lowest BCUT2D eigenvalue weighted by Gasteiger charge is -2.21. The first kappa shape index (κ1) is 18.7. The number of aromatic nitrogens is 1. The average Bonchev–Trinajstić information content (AvgIpc) is 3.04. The standard InChI is InChI=1S/C22H25N3O2/c1-16-6-5-7-18(12-16)14-25(17(2)26)15-22(27)23-11-10-19-13-24-21-9-4-3-8-20(19)21/h3-9,12-13,24H,10-11,14-15H2,1-2H3,(H,23,27). The Balaban J connectivity index is 1.52. The molecule has 1 aromatic heterocycles. The minimum atomic E-state index is -0.141. The second-order valence-corrected chi connectivity index (χ2v) is 6.82. The fourth-order valence-corrected chi connectivity index (χ4v) is 3.21. The summed E-state index contributed by atoms with van der Waals surface area (Å²) >= 11 is 0. The van der Waals surface area contributed by atoms with Gasteiger partial charge in [0.15, 0.2) is 0 Å². The Morgan fingerprint density at radius 3 is 2.70 bits per heavy atom. The SMILES string of the molecule is CC(=O)N(CC(=O)NCCc1c[nH]c2ccccc12)Cc1cccc(C)c1. The van der Waals surface area contributed by atoms with Gasteiger partial charge in [0.05, 0.1) is 6.54 Å².